The molecule has 1 N–H and O–H groups in total. The third-order valence-corrected chi connectivity index (χ3v) is 5.72. The quantitative estimate of drug-likeness (QED) is 0.780. The van der Waals surface area contributed by atoms with E-state index >= 15 is 0 Å². The molecule has 8 heteroatoms. The highest BCUT2D eigenvalue weighted by molar-refractivity contribution is 5.85. The molecule has 0 radical (unpaired) electrons. The predicted molar refractivity (Wildman–Crippen MR) is 99.1 cm³/mol. The molecule has 3 fully saturated rings. The molecule has 26 heavy (non-hydrogen) atoms. The van der Waals surface area contributed by atoms with Gasteiger partial charge in [-0.25, -0.2) is 13.6 Å². The molecule has 0 atom stereocenters. The molecular weight excluding hydrogens is 364 g/mol. The van der Waals surface area contributed by atoms with E-state index in [0.717, 1.165) is 32.5 Å². The summed E-state index contributed by atoms with van der Waals surface area (Å²) in [5.74, 6) is -2.23. The fraction of sp³-hybridized carbons (Fsp3) is 0.944. The highest BCUT2D eigenvalue weighted by Crippen LogP contribution is 2.50. The van der Waals surface area contributed by atoms with E-state index < -0.39 is 23.0 Å². The first-order valence-electron chi connectivity index (χ1n) is 9.39. The molecule has 0 saturated carbocycles. The maximum Gasteiger partial charge on any atom is 0.410 e. The number of hydrogen-bond acceptors (Lipinski definition) is 4. The number of nitrogens with zero attached hydrogens (tertiary/aromatic N) is 2. The van der Waals surface area contributed by atoms with Gasteiger partial charge in [0.25, 0.3) is 5.92 Å². The Morgan fingerprint density at radius 2 is 1.81 bits per heavy atom. The first-order chi connectivity index (χ1) is 11.6. The summed E-state index contributed by atoms with van der Waals surface area (Å²) in [6.07, 6.45) is 2.11. The minimum absolute atomic E-state index is 0. The molecule has 3 aliphatic rings. The molecule has 3 heterocycles. The van der Waals surface area contributed by atoms with Crippen LogP contribution in [0.15, 0.2) is 0 Å². The standard InChI is InChI=1S/C18H31F2N3O2.ClH/c1-16(2,3)25-15(24)23-11-17(12-23)6-9-22(13-18(17,19)20)10-14-4-7-21-8-5-14;/h14,21H,4-13H2,1-3H3;1H. The zero-order valence-electron chi connectivity index (χ0n) is 16.0. The second kappa shape index (κ2) is 7.76. The Labute approximate surface area is 161 Å². The van der Waals surface area contributed by atoms with Gasteiger partial charge in [0.15, 0.2) is 0 Å². The van der Waals surface area contributed by atoms with Gasteiger partial charge in [-0.05, 0) is 65.6 Å². The van der Waals surface area contributed by atoms with Crippen molar-refractivity contribution in [2.45, 2.75) is 51.6 Å². The van der Waals surface area contributed by atoms with Gasteiger partial charge in [0.05, 0.1) is 12.0 Å². The lowest BCUT2D eigenvalue weighted by Gasteiger charge is -2.57. The molecule has 0 aromatic rings. The smallest absolute Gasteiger partial charge is 0.410 e. The summed E-state index contributed by atoms with van der Waals surface area (Å²) in [4.78, 5) is 15.4. The second-order valence-corrected chi connectivity index (χ2v) is 9.00. The molecule has 0 aromatic carbocycles. The van der Waals surface area contributed by atoms with Crippen LogP contribution in [-0.4, -0.2) is 73.2 Å². The summed E-state index contributed by atoms with van der Waals surface area (Å²) >= 11 is 0. The minimum atomic E-state index is -2.75. The average molecular weight is 396 g/mol. The lowest BCUT2D eigenvalue weighted by Crippen LogP contribution is -2.71. The fourth-order valence-corrected chi connectivity index (χ4v) is 4.20. The number of carbonyl (C=O) groups excluding carboxylic acids is 1. The average Bonchev–Trinajstić information content (AvgIpc) is 2.43. The lowest BCUT2D eigenvalue weighted by molar-refractivity contribution is -0.219. The number of alkyl halides is 2. The Hall–Kier alpha value is -0.660. The van der Waals surface area contributed by atoms with Crippen LogP contribution in [0, 0.1) is 11.3 Å². The molecule has 0 aromatic heterocycles. The number of carbonyl (C=O) groups is 1. The maximum absolute atomic E-state index is 14.9. The van der Waals surface area contributed by atoms with Gasteiger partial charge in [0, 0.05) is 19.6 Å². The fourth-order valence-electron chi connectivity index (χ4n) is 4.20. The van der Waals surface area contributed by atoms with Crippen LogP contribution in [0.3, 0.4) is 0 Å². The van der Waals surface area contributed by atoms with Crippen LogP contribution >= 0.6 is 12.4 Å². The number of nitrogens with one attached hydrogen (secondary N) is 1. The molecule has 1 amide bonds. The van der Waals surface area contributed by atoms with Crippen LogP contribution in [0.1, 0.15) is 40.0 Å². The summed E-state index contributed by atoms with van der Waals surface area (Å²) in [5.41, 5.74) is -1.66. The van der Waals surface area contributed by atoms with Crippen molar-refractivity contribution in [3.05, 3.63) is 0 Å². The number of hydrogen-bond donors (Lipinski definition) is 1. The molecule has 1 spiro atoms. The van der Waals surface area contributed by atoms with E-state index in [4.69, 9.17) is 4.74 Å². The Kier molecular flexibility index (Phi) is 6.46. The van der Waals surface area contributed by atoms with Crippen molar-refractivity contribution < 1.29 is 18.3 Å². The monoisotopic (exact) mass is 395 g/mol. The van der Waals surface area contributed by atoms with E-state index in [1.807, 2.05) is 4.90 Å². The van der Waals surface area contributed by atoms with Crippen molar-refractivity contribution >= 4 is 18.5 Å². The van der Waals surface area contributed by atoms with Crippen molar-refractivity contribution in [1.82, 2.24) is 15.1 Å². The van der Waals surface area contributed by atoms with Gasteiger partial charge in [-0.15, -0.1) is 12.4 Å². The van der Waals surface area contributed by atoms with Crippen molar-refractivity contribution in [2.75, 3.05) is 45.8 Å². The molecule has 5 nitrogen and oxygen atoms in total. The first-order valence-corrected chi connectivity index (χ1v) is 9.39. The Balaban J connectivity index is 0.00000243. The highest BCUT2D eigenvalue weighted by atomic mass is 35.5. The second-order valence-electron chi connectivity index (χ2n) is 9.00. The van der Waals surface area contributed by atoms with E-state index in [-0.39, 0.29) is 32.0 Å². The zero-order chi connectivity index (χ0) is 18.3. The summed E-state index contributed by atoms with van der Waals surface area (Å²) in [7, 11) is 0. The van der Waals surface area contributed by atoms with Crippen LogP contribution < -0.4 is 5.32 Å². The number of amides is 1. The van der Waals surface area contributed by atoms with Gasteiger partial charge in [-0.2, -0.15) is 0 Å². The maximum atomic E-state index is 14.9. The van der Waals surface area contributed by atoms with Gasteiger partial charge < -0.3 is 15.0 Å². The molecule has 152 valence electrons. The number of likely N-dealkylation sites (tertiary alicyclic amines) is 2. The highest BCUT2D eigenvalue weighted by Gasteiger charge is 2.63. The molecule has 3 rings (SSSR count). The summed E-state index contributed by atoms with van der Waals surface area (Å²) in [6.45, 7) is 8.83. The number of halogens is 3. The molecular formula is C18H32ClF2N3O2. The molecule has 3 aliphatic heterocycles. The largest absolute Gasteiger partial charge is 0.444 e. The van der Waals surface area contributed by atoms with E-state index in [2.05, 4.69) is 5.32 Å². The summed E-state index contributed by atoms with van der Waals surface area (Å²) in [5, 5.41) is 3.32. The van der Waals surface area contributed by atoms with Crippen LogP contribution in [-0.2, 0) is 4.74 Å². The van der Waals surface area contributed by atoms with Crippen molar-refractivity contribution in [1.29, 1.82) is 0 Å². The summed E-state index contributed by atoms with van der Waals surface area (Å²) in [6, 6.07) is 0. The van der Waals surface area contributed by atoms with E-state index in [1.165, 1.54) is 4.90 Å². The molecule has 0 unspecified atom stereocenters. The normalized spacial score (nSPS) is 26.1. The van der Waals surface area contributed by atoms with Crippen LogP contribution in [0.25, 0.3) is 0 Å². The zero-order valence-corrected chi connectivity index (χ0v) is 16.8. The van der Waals surface area contributed by atoms with Gasteiger partial charge in [-0.1, -0.05) is 0 Å². The van der Waals surface area contributed by atoms with E-state index in [1.54, 1.807) is 20.8 Å². The van der Waals surface area contributed by atoms with Crippen LogP contribution in [0.2, 0.25) is 0 Å². The van der Waals surface area contributed by atoms with Crippen LogP contribution in [0.5, 0.6) is 0 Å². The number of ether oxygens (including phenoxy) is 1. The minimum Gasteiger partial charge on any atom is -0.444 e. The SMILES string of the molecule is CC(C)(C)OC(=O)N1CC2(CCN(CC3CCNCC3)CC2(F)F)C1.Cl. The Bertz CT molecular complexity index is 501. The summed E-state index contributed by atoms with van der Waals surface area (Å²) < 4.78 is 35.0. The van der Waals surface area contributed by atoms with Gasteiger partial charge >= 0.3 is 6.09 Å². The van der Waals surface area contributed by atoms with Crippen molar-refractivity contribution in [2.24, 2.45) is 11.3 Å². The molecule has 3 saturated heterocycles. The number of rotatable bonds is 2. The third-order valence-electron chi connectivity index (χ3n) is 5.72. The van der Waals surface area contributed by atoms with Gasteiger partial charge in [0.2, 0.25) is 0 Å². The van der Waals surface area contributed by atoms with Crippen molar-refractivity contribution in [3.8, 4) is 0 Å². The Morgan fingerprint density at radius 3 is 2.35 bits per heavy atom. The Morgan fingerprint density at radius 1 is 1.19 bits per heavy atom. The van der Waals surface area contributed by atoms with Gasteiger partial charge in [0.1, 0.15) is 5.60 Å². The van der Waals surface area contributed by atoms with E-state index in [9.17, 15) is 13.6 Å². The topological polar surface area (TPSA) is 44.8 Å². The first kappa shape index (κ1) is 21.6. The predicted octanol–water partition coefficient (Wildman–Crippen LogP) is 2.99. The van der Waals surface area contributed by atoms with E-state index in [0.29, 0.717) is 18.9 Å². The molecule has 0 aliphatic carbocycles. The van der Waals surface area contributed by atoms with Crippen molar-refractivity contribution in [3.63, 3.8) is 0 Å². The van der Waals surface area contributed by atoms with Crippen LogP contribution in [0.4, 0.5) is 13.6 Å². The molecule has 0 bridgehead atoms. The third kappa shape index (κ3) is 4.60. The van der Waals surface area contributed by atoms with Gasteiger partial charge in [-0.3, -0.25) is 4.90 Å². The lowest BCUT2D eigenvalue weighted by atomic mass is 9.69. The number of piperidine rings is 2.